The SMILES string of the molecule is COc1ccc2ncc(=O)n(CCN3CC[C@H](N(Cc4ccc5c(n4)NC(=O)CO5)C(=O)OCc4ccc(NC(=O)[C@H](CCCNC(N)=O)NC(=O)[C@@H](NC(=O)CCCCCN5C(=O)C=CC5=O)C(C)C)cc4)[C@@H](F)C3)c2c1. The van der Waals surface area contributed by atoms with Crippen LogP contribution in [0, 0.1) is 5.92 Å². The van der Waals surface area contributed by atoms with Gasteiger partial charge in [0.1, 0.15) is 30.6 Å². The van der Waals surface area contributed by atoms with Gasteiger partial charge in [0, 0.05) is 69.6 Å². The molecule has 0 aliphatic carbocycles. The van der Waals surface area contributed by atoms with Gasteiger partial charge < -0.3 is 51.1 Å². The van der Waals surface area contributed by atoms with E-state index < -0.39 is 54.1 Å². The van der Waals surface area contributed by atoms with Crippen LogP contribution in [0.3, 0.4) is 0 Å². The molecule has 0 unspecified atom stereocenters. The number of likely N-dealkylation sites (tertiary alicyclic amines) is 1. The molecule has 4 aromatic rings. The number of aromatic nitrogens is 3. The van der Waals surface area contributed by atoms with E-state index in [4.69, 9.17) is 19.9 Å². The molecule has 0 spiro atoms. The summed E-state index contributed by atoms with van der Waals surface area (Å²) < 4.78 is 34.7. The van der Waals surface area contributed by atoms with Crippen LogP contribution in [-0.4, -0.2) is 148 Å². The number of nitrogens with zero attached hydrogens (tertiary/aromatic N) is 6. The lowest BCUT2D eigenvalue weighted by Gasteiger charge is -2.40. The van der Waals surface area contributed by atoms with Crippen molar-refractivity contribution in [2.24, 2.45) is 11.7 Å². The number of hydrogen-bond acceptors (Lipinski definition) is 15. The number of nitrogens with one attached hydrogen (secondary N) is 5. The Labute approximate surface area is 448 Å². The molecule has 7 rings (SSSR count). The van der Waals surface area contributed by atoms with E-state index in [0.29, 0.717) is 71.8 Å². The first kappa shape index (κ1) is 57.2. The van der Waals surface area contributed by atoms with Crippen LogP contribution < -0.4 is 47.4 Å². The van der Waals surface area contributed by atoms with Crippen molar-refractivity contribution in [2.45, 2.75) is 103 Å². The van der Waals surface area contributed by atoms with Gasteiger partial charge in [-0.05, 0) is 80.0 Å². The monoisotopic (exact) mass is 1080 g/mol. The molecular formula is C53H65FN12O12. The quantitative estimate of drug-likeness (QED) is 0.0411. The molecule has 0 saturated carbocycles. The van der Waals surface area contributed by atoms with Crippen LogP contribution in [0.1, 0.15) is 70.1 Å². The summed E-state index contributed by atoms with van der Waals surface area (Å²) in [6.45, 7) is 4.15. The zero-order valence-electron chi connectivity index (χ0n) is 43.7. The van der Waals surface area contributed by atoms with E-state index in [1.807, 2.05) is 4.90 Å². The van der Waals surface area contributed by atoms with Crippen LogP contribution in [0.25, 0.3) is 11.0 Å². The number of alkyl halides is 1. The molecule has 2 aromatic heterocycles. The topological polar surface area (TPSA) is 308 Å². The van der Waals surface area contributed by atoms with Gasteiger partial charge in [-0.25, -0.2) is 23.9 Å². The molecule has 25 heteroatoms. The van der Waals surface area contributed by atoms with Crippen LogP contribution in [0.4, 0.5) is 25.5 Å². The number of carbonyl (C=O) groups excluding carboxylic acids is 8. The molecule has 0 radical (unpaired) electrons. The summed E-state index contributed by atoms with van der Waals surface area (Å²) in [5.74, 6) is -2.04. The van der Waals surface area contributed by atoms with Crippen LogP contribution in [0.2, 0.25) is 0 Å². The number of nitrogens with two attached hydrogens (primary N) is 1. The van der Waals surface area contributed by atoms with E-state index in [1.54, 1.807) is 73.0 Å². The third-order valence-corrected chi connectivity index (χ3v) is 13.4. The molecule has 7 N–H and O–H groups in total. The molecule has 1 saturated heterocycles. The number of unbranched alkanes of at least 4 members (excludes halogenated alkanes) is 2. The Balaban J connectivity index is 0.959. The Hall–Kier alpha value is -8.48. The lowest BCUT2D eigenvalue weighted by molar-refractivity contribution is -0.137. The molecule has 2 aromatic carbocycles. The number of pyridine rings is 1. The van der Waals surface area contributed by atoms with Gasteiger partial charge in [-0.15, -0.1) is 0 Å². The van der Waals surface area contributed by atoms with E-state index in [2.05, 4.69) is 36.6 Å². The average molecular weight is 1080 g/mol. The summed E-state index contributed by atoms with van der Waals surface area (Å²) in [6.07, 6.45) is 3.44. The highest BCUT2D eigenvalue weighted by Crippen LogP contribution is 2.28. The number of imide groups is 1. The molecule has 0 bridgehead atoms. The van der Waals surface area contributed by atoms with E-state index in [9.17, 15) is 43.2 Å². The summed E-state index contributed by atoms with van der Waals surface area (Å²) in [5, 5.41) is 13.4. The Kier molecular flexibility index (Phi) is 19.8. The molecular weight excluding hydrogens is 1020 g/mol. The van der Waals surface area contributed by atoms with E-state index >= 15 is 4.39 Å². The number of rotatable bonds is 25. The molecule has 416 valence electrons. The Morgan fingerprint density at radius 2 is 1.69 bits per heavy atom. The summed E-state index contributed by atoms with van der Waals surface area (Å²) in [5.41, 5.74) is 7.27. The number of anilines is 2. The summed E-state index contributed by atoms with van der Waals surface area (Å²) in [6, 6.07) is 11.0. The maximum Gasteiger partial charge on any atom is 0.410 e. The highest BCUT2D eigenvalue weighted by molar-refractivity contribution is 6.12. The van der Waals surface area contributed by atoms with E-state index in [-0.39, 0.29) is 107 Å². The van der Waals surface area contributed by atoms with Crippen LogP contribution >= 0.6 is 0 Å². The van der Waals surface area contributed by atoms with Gasteiger partial charge in [-0.3, -0.25) is 48.3 Å². The second kappa shape index (κ2) is 27.0. The standard InChI is InChI=1S/C53H65FN12O12/c1-32(2)48(61-43(67)9-5-4-6-22-65-45(69)18-19-46(65)70)51(73)60-39(8-7-21-56-52(55)74)50(72)59-34-12-10-33(11-13-34)30-78-53(75)66(28-35-14-17-42-49(58-35)62-44(68)31-77-42)40-20-23-63(29-37(40)54)24-25-64-41-26-36(76-3)15-16-38(41)57-27-47(64)71/h10-19,26-27,32,37,39-40,48H,4-9,20-25,28-31H2,1-3H3,(H,59,72)(H,60,73)(H,61,67)(H3,55,56,74)(H,58,62,68)/t37-,39-,40-,48-/m0/s1. The van der Waals surface area contributed by atoms with Gasteiger partial charge in [-0.1, -0.05) is 32.4 Å². The number of methoxy groups -OCH3 is 1. The Morgan fingerprint density at radius 3 is 2.41 bits per heavy atom. The summed E-state index contributed by atoms with van der Waals surface area (Å²) in [7, 11) is 1.53. The number of halogens is 1. The minimum absolute atomic E-state index is 0.0516. The predicted molar refractivity (Wildman–Crippen MR) is 281 cm³/mol. The molecule has 3 aliphatic rings. The van der Waals surface area contributed by atoms with Gasteiger partial charge >= 0.3 is 12.1 Å². The second-order valence-electron chi connectivity index (χ2n) is 19.4. The smallest absolute Gasteiger partial charge is 0.410 e. The molecule has 5 heterocycles. The fraction of sp³-hybridized carbons (Fsp3) is 0.453. The average Bonchev–Trinajstić information content (AvgIpc) is 3.75. The maximum absolute atomic E-state index is 16.5. The number of amides is 9. The number of benzene rings is 2. The molecule has 3 aliphatic heterocycles. The molecule has 78 heavy (non-hydrogen) atoms. The first-order valence-electron chi connectivity index (χ1n) is 25.8. The van der Waals surface area contributed by atoms with Crippen LogP contribution in [0.5, 0.6) is 11.5 Å². The van der Waals surface area contributed by atoms with Gasteiger partial charge in [-0.2, -0.15) is 0 Å². The number of fused-ring (bicyclic) bond motifs is 2. The minimum atomic E-state index is -1.54. The fourth-order valence-corrected chi connectivity index (χ4v) is 9.19. The van der Waals surface area contributed by atoms with Gasteiger partial charge in [0.2, 0.25) is 17.7 Å². The molecule has 1 fully saturated rings. The van der Waals surface area contributed by atoms with E-state index in [1.165, 1.54) is 30.4 Å². The van der Waals surface area contributed by atoms with Crippen molar-refractivity contribution in [2.75, 3.05) is 57.1 Å². The first-order chi connectivity index (χ1) is 37.5. The largest absolute Gasteiger partial charge is 0.497 e. The van der Waals surface area contributed by atoms with Crippen molar-refractivity contribution in [3.05, 3.63) is 94.6 Å². The lowest BCUT2D eigenvalue weighted by atomic mass is 10.0. The number of hydrogen-bond donors (Lipinski definition) is 6. The molecule has 4 atom stereocenters. The third-order valence-electron chi connectivity index (χ3n) is 13.4. The summed E-state index contributed by atoms with van der Waals surface area (Å²) >= 11 is 0. The van der Waals surface area contributed by atoms with Crippen molar-refractivity contribution in [3.8, 4) is 11.5 Å². The molecule has 9 amide bonds. The summed E-state index contributed by atoms with van der Waals surface area (Å²) in [4.78, 5) is 128. The number of primary amides is 1. The number of urea groups is 1. The number of carbonyl (C=O) groups is 8. The first-order valence-corrected chi connectivity index (χ1v) is 25.8. The molecule has 24 nitrogen and oxygen atoms in total. The third kappa shape index (κ3) is 15.6. The number of ether oxygens (including phenoxy) is 3. The highest BCUT2D eigenvalue weighted by Gasteiger charge is 2.38. The van der Waals surface area contributed by atoms with Crippen molar-refractivity contribution >= 4 is 70.1 Å². The van der Waals surface area contributed by atoms with Gasteiger partial charge in [0.05, 0.1) is 42.6 Å². The van der Waals surface area contributed by atoms with E-state index in [0.717, 1.165) is 4.90 Å². The second-order valence-corrected chi connectivity index (χ2v) is 19.4. The van der Waals surface area contributed by atoms with Crippen LogP contribution in [-0.2, 0) is 53.2 Å². The van der Waals surface area contributed by atoms with Gasteiger partial charge in [0.25, 0.3) is 23.3 Å². The maximum atomic E-state index is 16.5. The van der Waals surface area contributed by atoms with Crippen molar-refractivity contribution in [1.29, 1.82) is 0 Å². The van der Waals surface area contributed by atoms with Crippen molar-refractivity contribution in [3.63, 3.8) is 0 Å². The predicted octanol–water partition coefficient (Wildman–Crippen LogP) is 2.88. The lowest BCUT2D eigenvalue weighted by Crippen LogP contribution is -2.54. The minimum Gasteiger partial charge on any atom is -0.497 e. The van der Waals surface area contributed by atoms with Gasteiger partial charge in [0.15, 0.2) is 18.2 Å². The highest BCUT2D eigenvalue weighted by atomic mass is 19.1. The zero-order chi connectivity index (χ0) is 55.9. The fourth-order valence-electron chi connectivity index (χ4n) is 9.19. The number of piperidine rings is 1. The normalized spacial score (nSPS) is 16.9. The van der Waals surface area contributed by atoms with Crippen molar-refractivity contribution in [1.82, 2.24) is 45.2 Å². The Bertz CT molecular complexity index is 2940. The van der Waals surface area contributed by atoms with Crippen LogP contribution in [0.15, 0.2) is 77.7 Å². The zero-order valence-corrected chi connectivity index (χ0v) is 43.7. The Morgan fingerprint density at radius 1 is 0.923 bits per heavy atom. The van der Waals surface area contributed by atoms with Crippen molar-refractivity contribution < 1.29 is 57.0 Å².